The number of rotatable bonds is 11. The lowest BCUT2D eigenvalue weighted by Crippen LogP contribution is -2.04. The summed E-state index contributed by atoms with van der Waals surface area (Å²) >= 11 is 0. The standard InChI is InChI=1S/C100H68N6/c1-62-34-50-92-81(54-62)77-26-11-15-30-88(77)103(92)73-44-38-68(39-45-73)96-85(61-101)97(69-40-46-74(47-41-69)104-89-31-16-12-27-78(89)82-55-63(2)35-51-93(82)104)100(72-59-86(66-20-7-5-8-21-66)102-87(60-72)67-22-9-6-10-23-67)98(70-42-48-75(49-43-70)105-90-32-17-13-28-79(90)83-56-64(3)36-52-94(83)105)99(96)71-24-19-25-76(58-71)106-91-33-18-14-29-80(91)84-57-65(4)37-53-95(84)106/h5-60H,1-4H3. The maximum Gasteiger partial charge on any atom is 0.100 e. The molecule has 0 fully saturated rings. The zero-order chi connectivity index (χ0) is 70.8. The Morgan fingerprint density at radius 2 is 0.509 bits per heavy atom. The second-order valence-electron chi connectivity index (χ2n) is 28.4. The van der Waals surface area contributed by atoms with Crippen LogP contribution < -0.4 is 0 Å². The highest BCUT2D eigenvalue weighted by atomic mass is 15.0. The van der Waals surface area contributed by atoms with E-state index in [4.69, 9.17) is 4.98 Å². The predicted molar refractivity (Wildman–Crippen MR) is 443 cm³/mol. The zero-order valence-corrected chi connectivity index (χ0v) is 59.0. The molecule has 0 spiro atoms. The van der Waals surface area contributed by atoms with Crippen LogP contribution in [0.3, 0.4) is 0 Å². The van der Waals surface area contributed by atoms with Gasteiger partial charge in [0.15, 0.2) is 0 Å². The normalized spacial score (nSPS) is 11.8. The number of benzene rings is 15. The van der Waals surface area contributed by atoms with Gasteiger partial charge in [-0.15, -0.1) is 0 Å². The Morgan fingerprint density at radius 3 is 0.868 bits per heavy atom. The second kappa shape index (κ2) is 24.7. The third kappa shape index (κ3) is 9.96. The Morgan fingerprint density at radius 1 is 0.217 bits per heavy atom. The van der Waals surface area contributed by atoms with Crippen molar-refractivity contribution < 1.29 is 0 Å². The first-order chi connectivity index (χ1) is 52.2. The zero-order valence-electron chi connectivity index (χ0n) is 59.0. The Labute approximate surface area is 614 Å². The molecule has 0 radical (unpaired) electrons. The third-order valence-corrected chi connectivity index (χ3v) is 21.8. The molecule has 498 valence electrons. The van der Waals surface area contributed by atoms with E-state index in [0.29, 0.717) is 5.56 Å². The topological polar surface area (TPSA) is 56.4 Å². The second-order valence-corrected chi connectivity index (χ2v) is 28.4. The van der Waals surface area contributed by atoms with Crippen molar-refractivity contribution in [1.29, 1.82) is 5.26 Å². The van der Waals surface area contributed by atoms with Crippen LogP contribution >= 0.6 is 0 Å². The molecular formula is C100H68N6. The van der Waals surface area contributed by atoms with Gasteiger partial charge in [-0.2, -0.15) is 5.26 Å². The molecule has 6 nitrogen and oxygen atoms in total. The Bertz CT molecular complexity index is 6960. The van der Waals surface area contributed by atoms with E-state index in [-0.39, 0.29) is 0 Å². The average Bonchev–Trinajstić information content (AvgIpc) is 1.12. The molecule has 5 aromatic heterocycles. The predicted octanol–water partition coefficient (Wildman–Crippen LogP) is 26.2. The number of pyridine rings is 1. The van der Waals surface area contributed by atoms with Gasteiger partial charge in [0.05, 0.1) is 61.1 Å². The van der Waals surface area contributed by atoms with Gasteiger partial charge in [-0.3, -0.25) is 0 Å². The fraction of sp³-hybridized carbons (Fsp3) is 0.0400. The number of nitrogens with zero attached hydrogens (tertiary/aromatic N) is 6. The van der Waals surface area contributed by atoms with Crippen LogP contribution in [0.15, 0.2) is 340 Å². The van der Waals surface area contributed by atoms with Gasteiger partial charge in [-0.1, -0.05) is 229 Å². The van der Waals surface area contributed by atoms with E-state index >= 15 is 0 Å². The summed E-state index contributed by atoms with van der Waals surface area (Å²) in [5.74, 6) is 0. The van der Waals surface area contributed by atoms with Crippen molar-refractivity contribution in [1.82, 2.24) is 23.3 Å². The number of aryl methyl sites for hydroxylation is 4. The highest BCUT2D eigenvalue weighted by Crippen LogP contribution is 2.55. The number of para-hydroxylation sites is 4. The summed E-state index contributed by atoms with van der Waals surface area (Å²) in [5.41, 5.74) is 31.1. The highest BCUT2D eigenvalue weighted by molar-refractivity contribution is 6.15. The first-order valence-corrected chi connectivity index (χ1v) is 36.4. The van der Waals surface area contributed by atoms with E-state index in [1.807, 2.05) is 0 Å². The van der Waals surface area contributed by atoms with Gasteiger partial charge in [0.2, 0.25) is 0 Å². The maximum absolute atomic E-state index is 13.0. The summed E-state index contributed by atoms with van der Waals surface area (Å²) in [6, 6.07) is 127. The number of nitriles is 1. The van der Waals surface area contributed by atoms with Gasteiger partial charge < -0.3 is 18.3 Å². The van der Waals surface area contributed by atoms with Crippen LogP contribution in [-0.4, -0.2) is 23.3 Å². The van der Waals surface area contributed by atoms with E-state index in [1.54, 1.807) is 0 Å². The van der Waals surface area contributed by atoms with Crippen molar-refractivity contribution in [2.24, 2.45) is 0 Å². The lowest BCUT2D eigenvalue weighted by Gasteiger charge is -2.27. The monoisotopic (exact) mass is 1350 g/mol. The molecule has 0 aliphatic rings. The first-order valence-electron chi connectivity index (χ1n) is 36.4. The summed E-state index contributed by atoms with van der Waals surface area (Å²) in [6.07, 6.45) is 0. The van der Waals surface area contributed by atoms with Crippen LogP contribution in [0.4, 0.5) is 0 Å². The SMILES string of the molecule is Cc1ccc2c(c1)c1ccccc1n2-c1ccc(-c2c(C#N)c(-c3ccc(-n4c5ccccc5c5cc(C)ccc54)cc3)c(-c3cc(-c4ccccc4)nc(-c4ccccc4)c3)c(-c3ccc(-n4c5ccccc5c5cc(C)ccc54)cc3)c2-c2cccc(-n3c4ccccc4c4cc(C)ccc43)c2)cc1. The molecule has 0 saturated heterocycles. The minimum atomic E-state index is 0.545. The van der Waals surface area contributed by atoms with Crippen LogP contribution in [-0.2, 0) is 0 Å². The van der Waals surface area contributed by atoms with Gasteiger partial charge in [-0.25, -0.2) is 4.98 Å². The van der Waals surface area contributed by atoms with Crippen molar-refractivity contribution in [3.05, 3.63) is 368 Å². The molecule has 6 heteroatoms. The van der Waals surface area contributed by atoms with Crippen LogP contribution in [0, 0.1) is 39.0 Å². The van der Waals surface area contributed by atoms with Gasteiger partial charge in [0.25, 0.3) is 0 Å². The minimum absolute atomic E-state index is 0.545. The Hall–Kier alpha value is -13.9. The molecule has 5 heterocycles. The van der Waals surface area contributed by atoms with Gasteiger partial charge >= 0.3 is 0 Å². The molecule has 15 aromatic carbocycles. The average molecular weight is 1350 g/mol. The van der Waals surface area contributed by atoms with E-state index in [1.165, 1.54) is 65.3 Å². The molecule has 0 atom stereocenters. The molecule has 0 unspecified atom stereocenters. The Balaban J connectivity index is 0.939. The van der Waals surface area contributed by atoms with Crippen molar-refractivity contribution in [2.75, 3.05) is 0 Å². The van der Waals surface area contributed by atoms with Gasteiger partial charge in [-0.05, 0) is 206 Å². The van der Waals surface area contributed by atoms with Crippen LogP contribution in [0.2, 0.25) is 0 Å². The molecule has 0 saturated carbocycles. The lowest BCUT2D eigenvalue weighted by atomic mass is 9.75. The summed E-state index contributed by atoms with van der Waals surface area (Å²) in [5, 5.41) is 22.6. The van der Waals surface area contributed by atoms with E-state index in [9.17, 15) is 5.26 Å². The summed E-state index contributed by atoms with van der Waals surface area (Å²) in [7, 11) is 0. The summed E-state index contributed by atoms with van der Waals surface area (Å²) < 4.78 is 9.59. The quantitative estimate of drug-likeness (QED) is 0.130. The van der Waals surface area contributed by atoms with Crippen LogP contribution in [0.5, 0.6) is 0 Å². The molecule has 20 rings (SSSR count). The summed E-state index contributed by atoms with van der Waals surface area (Å²) in [6.45, 7) is 8.67. The fourth-order valence-electron chi connectivity index (χ4n) is 17.1. The number of fused-ring (bicyclic) bond motifs is 12. The van der Waals surface area contributed by atoms with Gasteiger partial charge in [0, 0.05) is 88.1 Å². The molecule has 0 amide bonds. The molecule has 106 heavy (non-hydrogen) atoms. The molecule has 0 N–H and O–H groups in total. The first kappa shape index (κ1) is 62.0. The van der Waals surface area contributed by atoms with Crippen molar-refractivity contribution in [3.63, 3.8) is 0 Å². The van der Waals surface area contributed by atoms with E-state index in [2.05, 4.69) is 392 Å². The van der Waals surface area contributed by atoms with Gasteiger partial charge in [0.1, 0.15) is 6.07 Å². The number of hydrogen-bond acceptors (Lipinski definition) is 2. The Kier molecular flexibility index (Phi) is 14.4. The lowest BCUT2D eigenvalue weighted by molar-refractivity contribution is 1.18. The molecule has 0 aliphatic heterocycles. The summed E-state index contributed by atoms with van der Waals surface area (Å²) in [4.78, 5) is 5.57. The van der Waals surface area contributed by atoms with Crippen molar-refractivity contribution in [3.8, 4) is 107 Å². The minimum Gasteiger partial charge on any atom is -0.309 e. The molecule has 0 bridgehead atoms. The molecule has 0 aliphatic carbocycles. The highest BCUT2D eigenvalue weighted by Gasteiger charge is 2.31. The van der Waals surface area contributed by atoms with E-state index < -0.39 is 0 Å². The third-order valence-electron chi connectivity index (χ3n) is 21.8. The van der Waals surface area contributed by atoms with Crippen LogP contribution in [0.1, 0.15) is 27.8 Å². The van der Waals surface area contributed by atoms with Crippen molar-refractivity contribution >= 4 is 87.2 Å². The maximum atomic E-state index is 13.0. The van der Waals surface area contributed by atoms with E-state index in [0.717, 1.165) is 145 Å². The van der Waals surface area contributed by atoms with Crippen molar-refractivity contribution in [2.45, 2.75) is 27.7 Å². The van der Waals surface area contributed by atoms with Crippen LogP contribution in [0.25, 0.3) is 188 Å². The molecule has 20 aromatic rings. The number of aromatic nitrogens is 5. The number of hydrogen-bond donors (Lipinski definition) is 0. The fourth-order valence-corrected chi connectivity index (χ4v) is 17.1. The smallest absolute Gasteiger partial charge is 0.100 e. The largest absolute Gasteiger partial charge is 0.309 e. The molecular weight excluding hydrogens is 1290 g/mol.